The number of nitrogens with zero attached hydrogens (tertiary/aromatic N) is 1. The van der Waals surface area contributed by atoms with Crippen LogP contribution in [0.3, 0.4) is 0 Å². The molecule has 142 valence electrons. The highest BCUT2D eigenvalue weighted by Gasteiger charge is 2.23. The van der Waals surface area contributed by atoms with E-state index in [4.69, 9.17) is 39.5 Å². The Morgan fingerprint density at radius 1 is 1.19 bits per heavy atom. The average molecular weight is 428 g/mol. The Morgan fingerprint density at radius 2 is 1.96 bits per heavy atom. The van der Waals surface area contributed by atoms with Crippen molar-refractivity contribution in [3.05, 3.63) is 51.5 Å². The van der Waals surface area contributed by atoms with Gasteiger partial charge in [-0.15, -0.1) is 0 Å². The molecule has 0 aliphatic carbocycles. The highest BCUT2D eigenvalue weighted by atomic mass is 35.5. The van der Waals surface area contributed by atoms with E-state index in [0.717, 1.165) is 6.42 Å². The Bertz CT molecular complexity index is 888. The first kappa shape index (κ1) is 19.8. The highest BCUT2D eigenvalue weighted by molar-refractivity contribution is 6.42. The Kier molecular flexibility index (Phi) is 6.15. The van der Waals surface area contributed by atoms with E-state index in [1.807, 2.05) is 0 Å². The number of rotatable bonds is 5. The van der Waals surface area contributed by atoms with Crippen molar-refractivity contribution in [3.8, 4) is 5.75 Å². The molecule has 1 aliphatic heterocycles. The van der Waals surface area contributed by atoms with Gasteiger partial charge in [-0.25, -0.2) is 0 Å². The summed E-state index contributed by atoms with van der Waals surface area (Å²) in [5, 5.41) is 3.68. The molecule has 27 heavy (non-hydrogen) atoms. The quantitative estimate of drug-likeness (QED) is 0.715. The van der Waals surface area contributed by atoms with Crippen molar-refractivity contribution in [2.24, 2.45) is 0 Å². The summed E-state index contributed by atoms with van der Waals surface area (Å²) in [6.45, 7) is 2.24. The molecule has 2 aromatic carbocycles. The highest BCUT2D eigenvalue weighted by Crippen LogP contribution is 2.33. The first-order valence-corrected chi connectivity index (χ1v) is 9.51. The van der Waals surface area contributed by atoms with Crippen molar-refractivity contribution in [1.82, 2.24) is 0 Å². The summed E-state index contributed by atoms with van der Waals surface area (Å²) < 4.78 is 5.61. The maximum absolute atomic E-state index is 12.5. The molecular weight excluding hydrogens is 411 g/mol. The maximum atomic E-state index is 12.5. The predicted octanol–water partition coefficient (Wildman–Crippen LogP) is 5.18. The number of carbonyl (C=O) groups is 2. The lowest BCUT2D eigenvalue weighted by Gasteiger charge is -2.19. The van der Waals surface area contributed by atoms with Gasteiger partial charge >= 0.3 is 0 Å². The van der Waals surface area contributed by atoms with Gasteiger partial charge in [-0.2, -0.15) is 0 Å². The lowest BCUT2D eigenvalue weighted by molar-refractivity contribution is -0.122. The minimum absolute atomic E-state index is 0.0573. The molecule has 1 fully saturated rings. The maximum Gasteiger partial charge on any atom is 0.265 e. The molecule has 1 N–H and O–H groups in total. The Balaban J connectivity index is 1.73. The molecule has 1 saturated heterocycles. The van der Waals surface area contributed by atoms with E-state index in [-0.39, 0.29) is 10.9 Å². The number of hydrogen-bond acceptors (Lipinski definition) is 3. The van der Waals surface area contributed by atoms with Crippen LogP contribution >= 0.6 is 34.8 Å². The van der Waals surface area contributed by atoms with Gasteiger partial charge in [0.05, 0.1) is 15.7 Å². The average Bonchev–Trinajstić information content (AvgIpc) is 3.06. The van der Waals surface area contributed by atoms with Crippen molar-refractivity contribution in [2.75, 3.05) is 16.8 Å². The number of benzene rings is 2. The summed E-state index contributed by atoms with van der Waals surface area (Å²) >= 11 is 18.2. The van der Waals surface area contributed by atoms with Crippen molar-refractivity contribution in [2.45, 2.75) is 25.9 Å². The van der Waals surface area contributed by atoms with Gasteiger partial charge in [0.15, 0.2) is 6.10 Å². The molecular formula is C19H17Cl3N2O3. The van der Waals surface area contributed by atoms with E-state index >= 15 is 0 Å². The molecule has 8 heteroatoms. The van der Waals surface area contributed by atoms with Crippen molar-refractivity contribution >= 4 is 58.0 Å². The van der Waals surface area contributed by atoms with Gasteiger partial charge < -0.3 is 15.0 Å². The lowest BCUT2D eigenvalue weighted by Crippen LogP contribution is -2.30. The van der Waals surface area contributed by atoms with Crippen LogP contribution in [0, 0.1) is 0 Å². The van der Waals surface area contributed by atoms with Crippen LogP contribution in [0.15, 0.2) is 36.4 Å². The van der Waals surface area contributed by atoms with Gasteiger partial charge in [0.1, 0.15) is 10.8 Å². The van der Waals surface area contributed by atoms with Gasteiger partial charge in [-0.1, -0.05) is 40.9 Å². The summed E-state index contributed by atoms with van der Waals surface area (Å²) in [7, 11) is 0. The van der Waals surface area contributed by atoms with Crippen LogP contribution in [-0.4, -0.2) is 24.5 Å². The second-order valence-electron chi connectivity index (χ2n) is 6.11. The van der Waals surface area contributed by atoms with Crippen molar-refractivity contribution < 1.29 is 14.3 Å². The number of amides is 2. The van der Waals surface area contributed by atoms with E-state index < -0.39 is 12.0 Å². The number of carbonyl (C=O) groups excluding carboxylic acids is 2. The van der Waals surface area contributed by atoms with E-state index in [1.54, 1.807) is 48.2 Å². The summed E-state index contributed by atoms with van der Waals surface area (Å²) in [5.74, 6) is -0.0333. The second-order valence-corrected chi connectivity index (χ2v) is 7.31. The zero-order valence-corrected chi connectivity index (χ0v) is 16.7. The van der Waals surface area contributed by atoms with Crippen LogP contribution in [0.25, 0.3) is 0 Å². The zero-order valence-electron chi connectivity index (χ0n) is 14.5. The molecule has 1 heterocycles. The molecule has 0 bridgehead atoms. The second kappa shape index (κ2) is 8.38. The fourth-order valence-corrected chi connectivity index (χ4v) is 3.25. The number of hydrogen-bond donors (Lipinski definition) is 1. The summed E-state index contributed by atoms with van der Waals surface area (Å²) in [6.07, 6.45) is 0.499. The number of nitrogens with one attached hydrogen (secondary N) is 1. The first-order chi connectivity index (χ1) is 12.9. The van der Waals surface area contributed by atoms with E-state index in [0.29, 0.717) is 40.1 Å². The molecule has 0 radical (unpaired) electrons. The van der Waals surface area contributed by atoms with Crippen LogP contribution in [0.1, 0.15) is 19.8 Å². The van der Waals surface area contributed by atoms with E-state index in [1.165, 1.54) is 0 Å². The minimum atomic E-state index is -0.839. The number of ether oxygens (including phenoxy) is 1. The normalized spacial score (nSPS) is 15.0. The molecule has 0 saturated carbocycles. The molecule has 1 atom stereocenters. The molecule has 0 spiro atoms. The molecule has 1 aliphatic rings. The number of halogens is 3. The third-order valence-electron chi connectivity index (χ3n) is 4.18. The zero-order chi connectivity index (χ0) is 19.6. The fourth-order valence-electron chi connectivity index (χ4n) is 2.75. The molecule has 0 aromatic heterocycles. The summed E-state index contributed by atoms with van der Waals surface area (Å²) in [5.41, 5.74) is 1.11. The van der Waals surface area contributed by atoms with Gasteiger partial charge in [0.2, 0.25) is 5.91 Å². The monoisotopic (exact) mass is 426 g/mol. The summed E-state index contributed by atoms with van der Waals surface area (Å²) in [6, 6.07) is 10.0. The topological polar surface area (TPSA) is 58.6 Å². The van der Waals surface area contributed by atoms with Gasteiger partial charge in [-0.05, 0) is 43.7 Å². The van der Waals surface area contributed by atoms with Crippen molar-refractivity contribution in [1.29, 1.82) is 0 Å². The van der Waals surface area contributed by atoms with E-state index in [9.17, 15) is 9.59 Å². The Morgan fingerprint density at radius 3 is 2.67 bits per heavy atom. The van der Waals surface area contributed by atoms with Crippen LogP contribution in [-0.2, 0) is 9.59 Å². The minimum Gasteiger partial charge on any atom is -0.479 e. The molecule has 5 nitrogen and oxygen atoms in total. The summed E-state index contributed by atoms with van der Waals surface area (Å²) in [4.78, 5) is 26.1. The van der Waals surface area contributed by atoms with Crippen LogP contribution in [0.4, 0.5) is 11.4 Å². The predicted molar refractivity (Wildman–Crippen MR) is 108 cm³/mol. The lowest BCUT2D eigenvalue weighted by atomic mass is 10.2. The Hall–Kier alpha value is -1.95. The Labute approximate surface area is 172 Å². The molecule has 2 amide bonds. The largest absolute Gasteiger partial charge is 0.479 e. The van der Waals surface area contributed by atoms with Crippen molar-refractivity contribution in [3.63, 3.8) is 0 Å². The number of anilines is 2. The van der Waals surface area contributed by atoms with Crippen LogP contribution < -0.4 is 15.0 Å². The molecule has 2 aromatic rings. The fraction of sp³-hybridized carbons (Fsp3) is 0.263. The SMILES string of the molecule is CC(Oc1cccc(Cl)c1Cl)C(=O)Nc1cc(N2CCCC2=O)ccc1Cl. The van der Waals surface area contributed by atoms with Gasteiger partial charge in [0, 0.05) is 18.7 Å². The van der Waals surface area contributed by atoms with Crippen LogP contribution in [0.5, 0.6) is 5.75 Å². The first-order valence-electron chi connectivity index (χ1n) is 8.38. The van der Waals surface area contributed by atoms with Gasteiger partial charge in [-0.3, -0.25) is 9.59 Å². The third kappa shape index (κ3) is 4.49. The van der Waals surface area contributed by atoms with Gasteiger partial charge in [0.25, 0.3) is 5.91 Å². The molecule has 1 unspecified atom stereocenters. The smallest absolute Gasteiger partial charge is 0.265 e. The molecule has 3 rings (SSSR count). The van der Waals surface area contributed by atoms with E-state index in [2.05, 4.69) is 5.32 Å². The van der Waals surface area contributed by atoms with Crippen LogP contribution in [0.2, 0.25) is 15.1 Å². The third-order valence-corrected chi connectivity index (χ3v) is 5.31. The standard InChI is InChI=1S/C19H17Cl3N2O3/c1-11(27-16-5-2-4-14(21)18(16)22)19(26)23-15-10-12(7-8-13(15)20)24-9-3-6-17(24)25/h2,4-5,7-8,10-11H,3,6,9H2,1H3,(H,23,26).